The Morgan fingerprint density at radius 2 is 2.17 bits per heavy atom. The number of hydrogen-bond donors (Lipinski definition) is 1. The first kappa shape index (κ1) is 13.2. The van der Waals surface area contributed by atoms with Crippen molar-refractivity contribution in [3.05, 3.63) is 58.0 Å². The molecule has 1 aromatic carbocycles. The third-order valence-corrected chi connectivity index (χ3v) is 4.03. The normalized spacial score (nSPS) is 12.6. The van der Waals surface area contributed by atoms with E-state index in [4.69, 9.17) is 0 Å². The monoisotopic (exact) mass is 263 g/mol. The van der Waals surface area contributed by atoms with Crippen LogP contribution in [-0.4, -0.2) is 7.05 Å². The van der Waals surface area contributed by atoms with Crippen molar-refractivity contribution < 1.29 is 4.39 Å². The van der Waals surface area contributed by atoms with Crippen LogP contribution in [0.2, 0.25) is 0 Å². The molecule has 0 bridgehead atoms. The van der Waals surface area contributed by atoms with Crippen LogP contribution in [0.15, 0.2) is 41.8 Å². The van der Waals surface area contributed by atoms with Gasteiger partial charge in [0.25, 0.3) is 0 Å². The molecule has 0 amide bonds. The molecule has 3 heteroatoms. The van der Waals surface area contributed by atoms with Crippen molar-refractivity contribution in [3.8, 4) is 0 Å². The molecule has 0 spiro atoms. The quantitative estimate of drug-likeness (QED) is 0.824. The molecule has 0 fully saturated rings. The second-order valence-electron chi connectivity index (χ2n) is 4.37. The Hall–Kier alpha value is -1.19. The van der Waals surface area contributed by atoms with Gasteiger partial charge in [0.2, 0.25) is 0 Å². The number of rotatable bonds is 6. The third kappa shape index (κ3) is 3.65. The van der Waals surface area contributed by atoms with Gasteiger partial charge in [0.1, 0.15) is 5.82 Å². The van der Waals surface area contributed by atoms with E-state index in [0.29, 0.717) is 0 Å². The summed E-state index contributed by atoms with van der Waals surface area (Å²) in [5.41, 5.74) is 1.03. The number of hydrogen-bond acceptors (Lipinski definition) is 2. The maximum atomic E-state index is 13.2. The largest absolute Gasteiger partial charge is 0.313 e. The summed E-state index contributed by atoms with van der Waals surface area (Å²) in [6.07, 6.45) is 3.24. The van der Waals surface area contributed by atoms with E-state index in [2.05, 4.69) is 22.8 Å². The Morgan fingerprint density at radius 1 is 1.28 bits per heavy atom. The highest BCUT2D eigenvalue weighted by Gasteiger charge is 2.09. The van der Waals surface area contributed by atoms with Crippen LogP contribution in [0.25, 0.3) is 0 Å². The zero-order chi connectivity index (χ0) is 12.8. The molecule has 96 valence electrons. The summed E-state index contributed by atoms with van der Waals surface area (Å²) in [5.74, 6) is -0.161. The summed E-state index contributed by atoms with van der Waals surface area (Å²) in [4.78, 5) is 1.42. The molecule has 1 heterocycles. The van der Waals surface area contributed by atoms with E-state index in [1.165, 1.54) is 10.9 Å². The van der Waals surface area contributed by atoms with Crippen LogP contribution >= 0.6 is 11.3 Å². The molecule has 1 aromatic heterocycles. The van der Waals surface area contributed by atoms with Gasteiger partial charge in [-0.1, -0.05) is 18.2 Å². The van der Waals surface area contributed by atoms with Crippen molar-refractivity contribution in [1.82, 2.24) is 5.32 Å². The summed E-state index contributed by atoms with van der Waals surface area (Å²) in [6.45, 7) is 0. The van der Waals surface area contributed by atoms with Crippen molar-refractivity contribution >= 4 is 11.3 Å². The van der Waals surface area contributed by atoms with Gasteiger partial charge in [-0.2, -0.15) is 0 Å². The highest BCUT2D eigenvalue weighted by atomic mass is 32.1. The summed E-state index contributed by atoms with van der Waals surface area (Å²) in [6, 6.07) is 11.3. The molecular weight excluding hydrogens is 245 g/mol. The molecule has 1 N–H and O–H groups in total. The van der Waals surface area contributed by atoms with Gasteiger partial charge >= 0.3 is 0 Å². The minimum absolute atomic E-state index is 0.161. The highest BCUT2D eigenvalue weighted by molar-refractivity contribution is 7.09. The molecule has 2 aromatic rings. The van der Waals surface area contributed by atoms with E-state index in [-0.39, 0.29) is 11.9 Å². The average Bonchev–Trinajstić information content (AvgIpc) is 2.88. The van der Waals surface area contributed by atoms with Gasteiger partial charge in [0, 0.05) is 10.9 Å². The van der Waals surface area contributed by atoms with Gasteiger partial charge < -0.3 is 5.32 Å². The molecule has 0 aliphatic heterocycles. The van der Waals surface area contributed by atoms with Crippen molar-refractivity contribution in [2.24, 2.45) is 0 Å². The van der Waals surface area contributed by atoms with E-state index in [1.807, 2.05) is 13.1 Å². The predicted octanol–water partition coefficient (Wildman–Crippen LogP) is 4.17. The molecule has 0 aliphatic carbocycles. The lowest BCUT2D eigenvalue weighted by molar-refractivity contribution is 0.523. The van der Waals surface area contributed by atoms with Crippen LogP contribution in [0.5, 0.6) is 0 Å². The SMILES string of the molecule is CNC(CCCc1cccs1)c1cccc(F)c1. The highest BCUT2D eigenvalue weighted by Crippen LogP contribution is 2.21. The lowest BCUT2D eigenvalue weighted by Gasteiger charge is -2.16. The van der Waals surface area contributed by atoms with Crippen LogP contribution in [0, 0.1) is 5.82 Å². The van der Waals surface area contributed by atoms with Gasteiger partial charge in [-0.05, 0) is 55.5 Å². The fourth-order valence-corrected chi connectivity index (χ4v) is 2.89. The predicted molar refractivity (Wildman–Crippen MR) is 75.5 cm³/mol. The Labute approximate surface area is 112 Å². The van der Waals surface area contributed by atoms with Crippen LogP contribution in [0.3, 0.4) is 0 Å². The molecule has 1 atom stereocenters. The maximum absolute atomic E-state index is 13.2. The molecule has 1 nitrogen and oxygen atoms in total. The van der Waals surface area contributed by atoms with Crippen molar-refractivity contribution in [3.63, 3.8) is 0 Å². The van der Waals surface area contributed by atoms with E-state index < -0.39 is 0 Å². The molecule has 0 saturated heterocycles. The lowest BCUT2D eigenvalue weighted by atomic mass is 10.0. The third-order valence-electron chi connectivity index (χ3n) is 3.10. The van der Waals surface area contributed by atoms with Gasteiger partial charge in [-0.25, -0.2) is 4.39 Å². The van der Waals surface area contributed by atoms with E-state index in [9.17, 15) is 4.39 Å². The molecule has 0 radical (unpaired) electrons. The van der Waals surface area contributed by atoms with Crippen LogP contribution < -0.4 is 5.32 Å². The fraction of sp³-hybridized carbons (Fsp3) is 0.333. The molecule has 1 unspecified atom stereocenters. The van der Waals surface area contributed by atoms with Crippen LogP contribution in [0.4, 0.5) is 4.39 Å². The second kappa shape index (κ2) is 6.66. The first-order valence-electron chi connectivity index (χ1n) is 6.24. The van der Waals surface area contributed by atoms with Crippen molar-refractivity contribution in [1.29, 1.82) is 0 Å². The molecule has 0 aliphatic rings. The Kier molecular flexibility index (Phi) is 4.90. The van der Waals surface area contributed by atoms with Crippen molar-refractivity contribution in [2.75, 3.05) is 7.05 Å². The number of benzene rings is 1. The lowest BCUT2D eigenvalue weighted by Crippen LogP contribution is -2.16. The van der Waals surface area contributed by atoms with Crippen molar-refractivity contribution in [2.45, 2.75) is 25.3 Å². The maximum Gasteiger partial charge on any atom is 0.123 e. The standard InChI is InChI=1S/C15H18FNS/c1-17-15(12-5-2-6-13(16)11-12)9-3-7-14-8-4-10-18-14/h2,4-6,8,10-11,15,17H,3,7,9H2,1H3. The zero-order valence-corrected chi connectivity index (χ0v) is 11.3. The summed E-state index contributed by atoms with van der Waals surface area (Å²) < 4.78 is 13.2. The molecular formula is C15H18FNS. The minimum Gasteiger partial charge on any atom is -0.313 e. The summed E-state index contributed by atoms with van der Waals surface area (Å²) in [7, 11) is 1.93. The van der Waals surface area contributed by atoms with Gasteiger partial charge in [0.05, 0.1) is 0 Å². The fourth-order valence-electron chi connectivity index (χ4n) is 2.14. The van der Waals surface area contributed by atoms with Gasteiger partial charge in [-0.15, -0.1) is 11.3 Å². The number of thiophene rings is 1. The zero-order valence-electron chi connectivity index (χ0n) is 10.5. The number of nitrogens with one attached hydrogen (secondary N) is 1. The topological polar surface area (TPSA) is 12.0 Å². The number of halogens is 1. The average molecular weight is 263 g/mol. The minimum atomic E-state index is -0.161. The smallest absolute Gasteiger partial charge is 0.123 e. The first-order valence-corrected chi connectivity index (χ1v) is 7.12. The Balaban J connectivity index is 1.89. The first-order chi connectivity index (χ1) is 8.79. The molecule has 0 saturated carbocycles. The van der Waals surface area contributed by atoms with Crippen LogP contribution in [-0.2, 0) is 6.42 Å². The van der Waals surface area contributed by atoms with Gasteiger partial charge in [0.15, 0.2) is 0 Å². The van der Waals surface area contributed by atoms with E-state index >= 15 is 0 Å². The van der Waals surface area contributed by atoms with Crippen LogP contribution in [0.1, 0.15) is 29.3 Å². The Bertz CT molecular complexity index is 467. The van der Waals surface area contributed by atoms with E-state index in [0.717, 1.165) is 24.8 Å². The molecule has 2 rings (SSSR count). The van der Waals surface area contributed by atoms with E-state index in [1.54, 1.807) is 23.5 Å². The second-order valence-corrected chi connectivity index (χ2v) is 5.40. The number of aryl methyl sites for hydroxylation is 1. The Morgan fingerprint density at radius 3 is 2.83 bits per heavy atom. The van der Waals surface area contributed by atoms with Gasteiger partial charge in [-0.3, -0.25) is 0 Å². The summed E-state index contributed by atoms with van der Waals surface area (Å²) in [5, 5.41) is 5.37. The summed E-state index contributed by atoms with van der Waals surface area (Å²) >= 11 is 1.80. The molecule has 18 heavy (non-hydrogen) atoms.